The minimum absolute atomic E-state index is 0.0567. The van der Waals surface area contributed by atoms with E-state index in [1.54, 1.807) is 10.7 Å². The van der Waals surface area contributed by atoms with E-state index in [2.05, 4.69) is 10.4 Å². The van der Waals surface area contributed by atoms with Gasteiger partial charge in [0.1, 0.15) is 5.82 Å². The highest BCUT2D eigenvalue weighted by Gasteiger charge is 2.34. The van der Waals surface area contributed by atoms with E-state index >= 15 is 0 Å². The Morgan fingerprint density at radius 1 is 1.48 bits per heavy atom. The van der Waals surface area contributed by atoms with Crippen LogP contribution in [0.15, 0.2) is 30.6 Å². The van der Waals surface area contributed by atoms with Crippen LogP contribution in [0.4, 0.5) is 4.39 Å². The van der Waals surface area contributed by atoms with Crippen LogP contribution in [0.3, 0.4) is 0 Å². The fraction of sp³-hybridized carbons (Fsp3) is 0.474. The molecule has 146 valence electrons. The molecule has 1 fully saturated rings. The highest BCUT2D eigenvalue weighted by Crippen LogP contribution is 2.28. The number of nitrogens with one attached hydrogen (secondary N) is 1. The van der Waals surface area contributed by atoms with Crippen LogP contribution in [-0.2, 0) is 13.0 Å². The fourth-order valence-electron chi connectivity index (χ4n) is 3.73. The standard InChI is InChI=1S/C19H23ClFN3O3/c1-11(4-13-2-3-15(21)7-16(13)20)23-17-5-12(6-18(17)25)9-24-10-14(8-22-24)19(26)27/h2-3,7-8,10-12,17-18,23,25H,4-6,9H2,1H3,(H,26,27)/t11?,12?,17-,18-/m1/s1. The Bertz CT molecular complexity index is 813. The Morgan fingerprint density at radius 2 is 2.26 bits per heavy atom. The third kappa shape index (κ3) is 5.06. The summed E-state index contributed by atoms with van der Waals surface area (Å²) in [6.45, 7) is 2.58. The molecule has 1 aliphatic rings. The summed E-state index contributed by atoms with van der Waals surface area (Å²) in [6.07, 6.45) is 4.39. The number of halogens is 2. The normalized spacial score (nSPS) is 23.5. The van der Waals surface area contributed by atoms with E-state index in [0.717, 1.165) is 12.0 Å². The predicted molar refractivity (Wildman–Crippen MR) is 99.4 cm³/mol. The van der Waals surface area contributed by atoms with Crippen LogP contribution in [0, 0.1) is 11.7 Å². The number of hydrogen-bond donors (Lipinski definition) is 3. The van der Waals surface area contributed by atoms with Crippen molar-refractivity contribution >= 4 is 17.6 Å². The number of carbonyl (C=O) groups is 1. The zero-order valence-electron chi connectivity index (χ0n) is 15.0. The summed E-state index contributed by atoms with van der Waals surface area (Å²) >= 11 is 6.09. The lowest BCUT2D eigenvalue weighted by molar-refractivity contribution is 0.0696. The molecule has 1 saturated carbocycles. The number of aliphatic hydroxyl groups is 1. The maximum absolute atomic E-state index is 13.2. The van der Waals surface area contributed by atoms with Crippen LogP contribution < -0.4 is 5.32 Å². The summed E-state index contributed by atoms with van der Waals surface area (Å²) in [5.41, 5.74) is 1.02. The second-order valence-electron chi connectivity index (χ2n) is 7.28. The molecule has 0 aliphatic heterocycles. The second kappa shape index (κ2) is 8.37. The SMILES string of the molecule is CC(Cc1ccc(F)cc1Cl)N[C@@H]1CC(Cn2cc(C(=O)O)cn2)C[C@H]1O. The van der Waals surface area contributed by atoms with Gasteiger partial charge in [-0.15, -0.1) is 0 Å². The Hall–Kier alpha value is -1.96. The molecule has 3 N–H and O–H groups in total. The molecule has 27 heavy (non-hydrogen) atoms. The van der Waals surface area contributed by atoms with Crippen molar-refractivity contribution in [1.82, 2.24) is 15.1 Å². The van der Waals surface area contributed by atoms with Gasteiger partial charge in [-0.1, -0.05) is 17.7 Å². The van der Waals surface area contributed by atoms with Crippen LogP contribution in [0.1, 0.15) is 35.7 Å². The molecule has 8 heteroatoms. The minimum Gasteiger partial charge on any atom is -0.478 e. The molecule has 1 aromatic heterocycles. The first-order valence-corrected chi connectivity index (χ1v) is 9.33. The molecule has 1 aliphatic carbocycles. The molecule has 4 atom stereocenters. The van der Waals surface area contributed by atoms with Gasteiger partial charge >= 0.3 is 5.97 Å². The number of rotatable bonds is 7. The van der Waals surface area contributed by atoms with E-state index < -0.39 is 12.1 Å². The molecule has 0 saturated heterocycles. The third-order valence-electron chi connectivity index (χ3n) is 4.99. The van der Waals surface area contributed by atoms with Crippen LogP contribution in [-0.4, -0.2) is 44.2 Å². The van der Waals surface area contributed by atoms with Crippen LogP contribution >= 0.6 is 11.6 Å². The van der Waals surface area contributed by atoms with E-state index in [1.807, 2.05) is 6.92 Å². The van der Waals surface area contributed by atoms with Crippen molar-refractivity contribution in [2.45, 2.75) is 50.9 Å². The number of nitrogens with zero attached hydrogens (tertiary/aromatic N) is 2. The predicted octanol–water partition coefficient (Wildman–Crippen LogP) is 2.73. The Balaban J connectivity index is 1.53. The van der Waals surface area contributed by atoms with Gasteiger partial charge in [0.15, 0.2) is 0 Å². The Morgan fingerprint density at radius 3 is 2.93 bits per heavy atom. The maximum atomic E-state index is 13.2. The maximum Gasteiger partial charge on any atom is 0.338 e. The van der Waals surface area contributed by atoms with Crippen molar-refractivity contribution < 1.29 is 19.4 Å². The summed E-state index contributed by atoms with van der Waals surface area (Å²) in [4.78, 5) is 10.9. The molecule has 0 bridgehead atoms. The fourth-order valence-corrected chi connectivity index (χ4v) is 3.97. The van der Waals surface area contributed by atoms with Gasteiger partial charge in [0.2, 0.25) is 0 Å². The van der Waals surface area contributed by atoms with Crippen molar-refractivity contribution in [3.8, 4) is 0 Å². The lowest BCUT2D eigenvalue weighted by Gasteiger charge is -2.22. The van der Waals surface area contributed by atoms with Crippen molar-refractivity contribution in [2.24, 2.45) is 5.92 Å². The summed E-state index contributed by atoms with van der Waals surface area (Å²) in [7, 11) is 0. The van der Waals surface area contributed by atoms with Crippen LogP contribution in [0.2, 0.25) is 5.02 Å². The summed E-state index contributed by atoms with van der Waals surface area (Å²) < 4.78 is 14.8. The second-order valence-corrected chi connectivity index (χ2v) is 7.68. The zero-order valence-corrected chi connectivity index (χ0v) is 15.7. The summed E-state index contributed by atoms with van der Waals surface area (Å²) in [6, 6.07) is 4.39. The lowest BCUT2D eigenvalue weighted by atomic mass is 10.0. The number of carboxylic acids is 1. The molecule has 6 nitrogen and oxygen atoms in total. The van der Waals surface area contributed by atoms with Gasteiger partial charge in [-0.3, -0.25) is 4.68 Å². The van der Waals surface area contributed by atoms with E-state index in [1.165, 1.54) is 24.5 Å². The molecule has 0 radical (unpaired) electrons. The monoisotopic (exact) mass is 395 g/mol. The average Bonchev–Trinajstić information content (AvgIpc) is 3.18. The van der Waals surface area contributed by atoms with E-state index in [-0.39, 0.29) is 29.4 Å². The van der Waals surface area contributed by atoms with Crippen LogP contribution in [0.5, 0.6) is 0 Å². The van der Waals surface area contributed by atoms with Gasteiger partial charge in [-0.2, -0.15) is 5.10 Å². The third-order valence-corrected chi connectivity index (χ3v) is 5.34. The topological polar surface area (TPSA) is 87.4 Å². The molecule has 1 aromatic carbocycles. The van der Waals surface area contributed by atoms with Crippen molar-refractivity contribution in [1.29, 1.82) is 0 Å². The molecule has 1 heterocycles. The highest BCUT2D eigenvalue weighted by molar-refractivity contribution is 6.31. The summed E-state index contributed by atoms with van der Waals surface area (Å²) in [5, 5.41) is 27.2. The number of aromatic carboxylic acids is 1. The van der Waals surface area contributed by atoms with Crippen LogP contribution in [0.25, 0.3) is 0 Å². The van der Waals surface area contributed by atoms with Crippen molar-refractivity contribution in [2.75, 3.05) is 0 Å². The van der Waals surface area contributed by atoms with Crippen molar-refractivity contribution in [3.05, 3.63) is 52.6 Å². The molecule has 2 unspecified atom stereocenters. The summed E-state index contributed by atoms with van der Waals surface area (Å²) in [5.74, 6) is -1.15. The molecule has 0 spiro atoms. The first-order chi connectivity index (χ1) is 12.8. The lowest BCUT2D eigenvalue weighted by Crippen LogP contribution is -2.42. The van der Waals surface area contributed by atoms with E-state index in [0.29, 0.717) is 24.4 Å². The molecule has 0 amide bonds. The molecular formula is C19H23ClFN3O3. The Kier molecular flexibility index (Phi) is 6.14. The number of aliphatic hydroxyl groups excluding tert-OH is 1. The average molecular weight is 396 g/mol. The van der Waals surface area contributed by atoms with Gasteiger partial charge in [-0.05, 0) is 49.8 Å². The Labute approximate surface area is 162 Å². The van der Waals surface area contributed by atoms with Gasteiger partial charge in [0.05, 0.1) is 17.9 Å². The zero-order chi connectivity index (χ0) is 19.6. The quantitative estimate of drug-likeness (QED) is 0.671. The number of carboxylic acid groups (broad SMARTS) is 1. The number of aromatic nitrogens is 2. The van der Waals surface area contributed by atoms with E-state index in [9.17, 15) is 14.3 Å². The van der Waals surface area contributed by atoms with Crippen molar-refractivity contribution in [3.63, 3.8) is 0 Å². The number of hydrogen-bond acceptors (Lipinski definition) is 4. The smallest absolute Gasteiger partial charge is 0.338 e. The first-order valence-electron chi connectivity index (χ1n) is 8.95. The van der Waals surface area contributed by atoms with Gasteiger partial charge in [0, 0.05) is 29.8 Å². The van der Waals surface area contributed by atoms with Gasteiger partial charge in [0.25, 0.3) is 0 Å². The minimum atomic E-state index is -1.000. The molecule has 2 aromatic rings. The van der Waals surface area contributed by atoms with Gasteiger partial charge in [-0.25, -0.2) is 9.18 Å². The van der Waals surface area contributed by atoms with Gasteiger partial charge < -0.3 is 15.5 Å². The first kappa shape index (κ1) is 19.8. The number of benzene rings is 1. The van der Waals surface area contributed by atoms with E-state index in [4.69, 9.17) is 16.7 Å². The highest BCUT2D eigenvalue weighted by atomic mass is 35.5. The molecule has 3 rings (SSSR count). The molecular weight excluding hydrogens is 373 g/mol. The largest absolute Gasteiger partial charge is 0.478 e.